The van der Waals surface area contributed by atoms with Crippen LogP contribution in [0, 0.1) is 0 Å². The number of benzene rings is 1. The first-order chi connectivity index (χ1) is 14.4. The van der Waals surface area contributed by atoms with Crippen LogP contribution >= 0.6 is 0 Å². The lowest BCUT2D eigenvalue weighted by Crippen LogP contribution is -2.51. The zero-order chi connectivity index (χ0) is 22.0. The molecule has 1 fully saturated rings. The summed E-state index contributed by atoms with van der Waals surface area (Å²) in [5, 5.41) is 2.85. The van der Waals surface area contributed by atoms with Crippen LogP contribution in [0.3, 0.4) is 0 Å². The topological polar surface area (TPSA) is 108 Å². The van der Waals surface area contributed by atoms with Crippen LogP contribution in [0.4, 0.5) is 0 Å². The average molecular weight is 439 g/mol. The van der Waals surface area contributed by atoms with Crippen molar-refractivity contribution in [3.05, 3.63) is 42.5 Å². The van der Waals surface area contributed by atoms with Crippen molar-refractivity contribution < 1.29 is 22.7 Å². The number of sulfonamides is 1. The minimum atomic E-state index is -3.70. The fourth-order valence-corrected chi connectivity index (χ4v) is 4.09. The third kappa shape index (κ3) is 7.21. The molecule has 166 valence electrons. The first-order valence-corrected chi connectivity index (χ1v) is 11.3. The number of methoxy groups -OCH3 is 1. The molecule has 0 aliphatic carbocycles. The Balaban J connectivity index is 1.87. The maximum absolute atomic E-state index is 12.8. The molecule has 1 aromatic carbocycles. The van der Waals surface area contributed by atoms with E-state index < -0.39 is 10.0 Å². The van der Waals surface area contributed by atoms with Crippen molar-refractivity contribution in [2.45, 2.75) is 11.3 Å². The molecule has 1 heterocycles. The number of nitrogens with one attached hydrogen (secondary N) is 2. The lowest BCUT2D eigenvalue weighted by atomic mass is 10.2. The number of amides is 2. The number of carbonyl (C=O) groups excluding carboxylic acids is 2. The summed E-state index contributed by atoms with van der Waals surface area (Å²) in [6.45, 7) is 7.18. The third-order valence-corrected chi connectivity index (χ3v) is 6.10. The van der Waals surface area contributed by atoms with Crippen LogP contribution in [0.25, 0.3) is 0 Å². The molecular weight excluding hydrogens is 408 g/mol. The number of piperazine rings is 1. The van der Waals surface area contributed by atoms with Gasteiger partial charge in [-0.25, -0.2) is 13.1 Å². The van der Waals surface area contributed by atoms with E-state index in [1.165, 1.54) is 18.2 Å². The third-order valence-electron chi connectivity index (χ3n) is 4.68. The summed E-state index contributed by atoms with van der Waals surface area (Å²) < 4.78 is 31.9. The molecule has 0 saturated carbocycles. The fraction of sp³-hybridized carbons (Fsp3) is 0.500. The molecule has 0 aromatic heterocycles. The number of hydrogen-bond donors (Lipinski definition) is 2. The Morgan fingerprint density at radius 2 is 1.97 bits per heavy atom. The molecule has 0 bridgehead atoms. The van der Waals surface area contributed by atoms with E-state index in [4.69, 9.17) is 4.74 Å². The van der Waals surface area contributed by atoms with Gasteiger partial charge in [-0.2, -0.15) is 0 Å². The van der Waals surface area contributed by atoms with E-state index in [0.29, 0.717) is 44.9 Å². The van der Waals surface area contributed by atoms with Crippen LogP contribution in [0.15, 0.2) is 41.8 Å². The van der Waals surface area contributed by atoms with E-state index >= 15 is 0 Å². The zero-order valence-electron chi connectivity index (χ0n) is 17.3. The van der Waals surface area contributed by atoms with Crippen LogP contribution in [0.1, 0.15) is 16.8 Å². The summed E-state index contributed by atoms with van der Waals surface area (Å²) in [6.07, 6.45) is 2.22. The number of hydrogen-bond acceptors (Lipinski definition) is 6. The van der Waals surface area contributed by atoms with Crippen LogP contribution in [0.2, 0.25) is 0 Å². The molecule has 0 spiro atoms. The summed E-state index contributed by atoms with van der Waals surface area (Å²) in [5.41, 5.74) is 0.320. The molecule has 0 unspecified atom stereocenters. The molecule has 1 saturated heterocycles. The van der Waals surface area contributed by atoms with Gasteiger partial charge in [0.2, 0.25) is 15.9 Å². The highest BCUT2D eigenvalue weighted by molar-refractivity contribution is 7.89. The van der Waals surface area contributed by atoms with E-state index in [9.17, 15) is 18.0 Å². The molecule has 2 amide bonds. The Kier molecular flexibility index (Phi) is 9.44. The Morgan fingerprint density at radius 3 is 2.63 bits per heavy atom. The highest BCUT2D eigenvalue weighted by atomic mass is 32.2. The van der Waals surface area contributed by atoms with Gasteiger partial charge in [-0.05, 0) is 24.6 Å². The summed E-state index contributed by atoms with van der Waals surface area (Å²) in [6, 6.07) is 5.99. The summed E-state index contributed by atoms with van der Waals surface area (Å²) in [4.78, 5) is 28.5. The van der Waals surface area contributed by atoms with Gasteiger partial charge in [0.05, 0.1) is 11.4 Å². The molecule has 9 nitrogen and oxygen atoms in total. The molecule has 0 atom stereocenters. The summed E-state index contributed by atoms with van der Waals surface area (Å²) >= 11 is 0. The minimum absolute atomic E-state index is 0.0407. The molecule has 1 aliphatic heterocycles. The molecular formula is C20H30N4O5S. The Bertz CT molecular complexity index is 835. The number of carbonyl (C=O) groups is 2. The Labute approximate surface area is 178 Å². The standard InChI is InChI=1S/C20H30N4O5S/c1-3-8-22-30(27,28)18-7-4-6-17(15-18)20(26)24-12-10-23(11-13-24)16-19(25)21-9-5-14-29-2/h3-4,6-7,15,22H,1,5,8-14,16H2,2H3,(H,21,25). The van der Waals surface area contributed by atoms with Gasteiger partial charge in [-0.15, -0.1) is 6.58 Å². The quantitative estimate of drug-likeness (QED) is 0.374. The summed E-state index contributed by atoms with van der Waals surface area (Å²) in [7, 11) is -2.07. The minimum Gasteiger partial charge on any atom is -0.385 e. The van der Waals surface area contributed by atoms with Gasteiger partial charge in [-0.1, -0.05) is 12.1 Å². The van der Waals surface area contributed by atoms with Crippen LogP contribution in [0.5, 0.6) is 0 Å². The summed E-state index contributed by atoms with van der Waals surface area (Å²) in [5.74, 6) is -0.268. The molecule has 2 N–H and O–H groups in total. The second kappa shape index (κ2) is 11.8. The Morgan fingerprint density at radius 1 is 1.23 bits per heavy atom. The monoisotopic (exact) mass is 438 g/mol. The molecule has 2 rings (SSSR count). The van der Waals surface area contributed by atoms with E-state index in [0.717, 1.165) is 6.42 Å². The number of ether oxygens (including phenoxy) is 1. The second-order valence-electron chi connectivity index (χ2n) is 6.93. The van der Waals surface area contributed by atoms with Crippen molar-refractivity contribution in [2.75, 3.05) is 59.5 Å². The molecule has 1 aliphatic rings. The number of nitrogens with zero attached hydrogens (tertiary/aromatic N) is 2. The predicted octanol–water partition coefficient (Wildman–Crippen LogP) is 0.0614. The predicted molar refractivity (Wildman–Crippen MR) is 114 cm³/mol. The van der Waals surface area contributed by atoms with Crippen LogP contribution in [-0.4, -0.2) is 89.6 Å². The van der Waals surface area contributed by atoms with Gasteiger partial charge >= 0.3 is 0 Å². The maximum Gasteiger partial charge on any atom is 0.253 e. The molecule has 30 heavy (non-hydrogen) atoms. The van der Waals surface area contributed by atoms with Gasteiger partial charge in [0.1, 0.15) is 0 Å². The highest BCUT2D eigenvalue weighted by Gasteiger charge is 2.24. The highest BCUT2D eigenvalue weighted by Crippen LogP contribution is 2.14. The van der Waals surface area contributed by atoms with Crippen molar-refractivity contribution in [3.8, 4) is 0 Å². The van der Waals surface area contributed by atoms with Gasteiger partial charge in [-0.3, -0.25) is 14.5 Å². The maximum atomic E-state index is 12.8. The lowest BCUT2D eigenvalue weighted by molar-refractivity contribution is -0.122. The van der Waals surface area contributed by atoms with E-state index in [1.54, 1.807) is 24.1 Å². The van der Waals surface area contributed by atoms with Crippen molar-refractivity contribution in [3.63, 3.8) is 0 Å². The lowest BCUT2D eigenvalue weighted by Gasteiger charge is -2.34. The van der Waals surface area contributed by atoms with Gasteiger partial charge in [0.15, 0.2) is 0 Å². The van der Waals surface area contributed by atoms with E-state index in [1.807, 2.05) is 4.90 Å². The first kappa shape index (κ1) is 24.0. The average Bonchev–Trinajstić information content (AvgIpc) is 2.75. The molecule has 0 radical (unpaired) electrons. The molecule has 1 aromatic rings. The van der Waals surface area contributed by atoms with Crippen LogP contribution in [-0.2, 0) is 19.6 Å². The number of rotatable bonds is 11. The van der Waals surface area contributed by atoms with Crippen molar-refractivity contribution in [1.82, 2.24) is 19.8 Å². The molecule has 10 heteroatoms. The van der Waals surface area contributed by atoms with Crippen molar-refractivity contribution in [1.29, 1.82) is 0 Å². The normalized spacial score (nSPS) is 15.0. The largest absolute Gasteiger partial charge is 0.385 e. The second-order valence-corrected chi connectivity index (χ2v) is 8.70. The first-order valence-electron chi connectivity index (χ1n) is 9.85. The van der Waals surface area contributed by atoms with Crippen molar-refractivity contribution in [2.24, 2.45) is 0 Å². The fourth-order valence-electron chi connectivity index (χ4n) is 3.04. The smallest absolute Gasteiger partial charge is 0.253 e. The van der Waals surface area contributed by atoms with Gasteiger partial charge in [0.25, 0.3) is 5.91 Å². The van der Waals surface area contributed by atoms with E-state index in [-0.39, 0.29) is 29.8 Å². The SMILES string of the molecule is C=CCNS(=O)(=O)c1cccc(C(=O)N2CCN(CC(=O)NCCCOC)CC2)c1. The Hall–Kier alpha value is -2.27. The van der Waals surface area contributed by atoms with E-state index in [2.05, 4.69) is 16.6 Å². The van der Waals surface area contributed by atoms with Crippen molar-refractivity contribution >= 4 is 21.8 Å². The van der Waals surface area contributed by atoms with Gasteiger partial charge < -0.3 is 15.0 Å². The van der Waals surface area contributed by atoms with Gasteiger partial charge in [0, 0.05) is 58.5 Å². The zero-order valence-corrected chi connectivity index (χ0v) is 18.1. The van der Waals surface area contributed by atoms with Crippen LogP contribution < -0.4 is 10.0 Å².